The Hall–Kier alpha value is -3.92. The summed E-state index contributed by atoms with van der Waals surface area (Å²) in [6.07, 6.45) is 0. The summed E-state index contributed by atoms with van der Waals surface area (Å²) in [5.41, 5.74) is 4.16. The van der Waals surface area contributed by atoms with Crippen molar-refractivity contribution in [3.8, 4) is 34.1 Å². The van der Waals surface area contributed by atoms with E-state index in [-0.39, 0.29) is 0 Å². The van der Waals surface area contributed by atoms with Crippen LogP contribution in [0.5, 0.6) is 23.0 Å². The van der Waals surface area contributed by atoms with E-state index in [4.69, 9.17) is 18.9 Å². The number of rotatable bonds is 9. The van der Waals surface area contributed by atoms with Crippen LogP contribution >= 0.6 is 0 Å². The molecule has 0 N–H and O–H groups in total. The van der Waals surface area contributed by atoms with Gasteiger partial charge in [-0.15, -0.1) is 0 Å². The summed E-state index contributed by atoms with van der Waals surface area (Å²) in [5, 5.41) is 0. The van der Waals surface area contributed by atoms with Crippen LogP contribution in [0.4, 0.5) is 0 Å². The van der Waals surface area contributed by atoms with Crippen molar-refractivity contribution in [2.24, 2.45) is 0 Å². The highest BCUT2D eigenvalue weighted by atomic mass is 16.5. The minimum absolute atomic E-state index is 0.463. The van der Waals surface area contributed by atoms with Gasteiger partial charge in [0.15, 0.2) is 11.5 Å². The van der Waals surface area contributed by atoms with Crippen molar-refractivity contribution >= 4 is 0 Å². The van der Waals surface area contributed by atoms with E-state index in [0.29, 0.717) is 24.7 Å². The highest BCUT2D eigenvalue weighted by Gasteiger charge is 2.11. The molecule has 32 heavy (non-hydrogen) atoms. The molecule has 0 spiro atoms. The van der Waals surface area contributed by atoms with E-state index in [1.54, 1.807) is 14.2 Å². The standard InChI is InChI=1S/C28H26O4/c1-29-25-15-24(16-26(18-25)31-19-21-9-5-3-6-10-21)23-13-14-27(30-2)28(17-23)32-20-22-11-7-4-8-12-22/h3-18H,19-20H2,1-2H3. The Balaban J connectivity index is 1.58. The van der Waals surface area contributed by atoms with Gasteiger partial charge in [-0.25, -0.2) is 0 Å². The predicted octanol–water partition coefficient (Wildman–Crippen LogP) is 6.53. The molecule has 4 heteroatoms. The monoisotopic (exact) mass is 426 g/mol. The fourth-order valence-electron chi connectivity index (χ4n) is 3.38. The lowest BCUT2D eigenvalue weighted by molar-refractivity contribution is 0.284. The highest BCUT2D eigenvalue weighted by molar-refractivity contribution is 5.70. The smallest absolute Gasteiger partial charge is 0.162 e. The molecule has 0 aliphatic heterocycles. The van der Waals surface area contributed by atoms with Gasteiger partial charge in [-0.1, -0.05) is 66.7 Å². The molecular weight excluding hydrogens is 400 g/mol. The average Bonchev–Trinajstić information content (AvgIpc) is 2.87. The molecule has 0 radical (unpaired) electrons. The van der Waals surface area contributed by atoms with E-state index in [2.05, 4.69) is 0 Å². The van der Waals surface area contributed by atoms with Gasteiger partial charge in [0.05, 0.1) is 14.2 Å². The largest absolute Gasteiger partial charge is 0.497 e. The topological polar surface area (TPSA) is 36.9 Å². The molecular formula is C28H26O4. The Morgan fingerprint density at radius 1 is 0.500 bits per heavy atom. The summed E-state index contributed by atoms with van der Waals surface area (Å²) in [7, 11) is 3.30. The third kappa shape index (κ3) is 5.41. The Morgan fingerprint density at radius 2 is 1.12 bits per heavy atom. The van der Waals surface area contributed by atoms with E-state index < -0.39 is 0 Å². The Bertz CT molecular complexity index is 1140. The quantitative estimate of drug-likeness (QED) is 0.305. The Morgan fingerprint density at radius 3 is 1.75 bits per heavy atom. The van der Waals surface area contributed by atoms with Crippen molar-refractivity contribution in [3.63, 3.8) is 0 Å². The van der Waals surface area contributed by atoms with Gasteiger partial charge in [-0.2, -0.15) is 0 Å². The molecule has 0 unspecified atom stereocenters. The first-order valence-corrected chi connectivity index (χ1v) is 10.5. The number of ether oxygens (including phenoxy) is 4. The molecule has 0 aromatic heterocycles. The van der Waals surface area contributed by atoms with Crippen molar-refractivity contribution in [1.82, 2.24) is 0 Å². The number of hydrogen-bond acceptors (Lipinski definition) is 4. The van der Waals surface area contributed by atoms with Crippen LogP contribution in [0.3, 0.4) is 0 Å². The number of hydrogen-bond donors (Lipinski definition) is 0. The van der Waals surface area contributed by atoms with Crippen LogP contribution in [0.15, 0.2) is 97.1 Å². The van der Waals surface area contributed by atoms with Gasteiger partial charge in [0.2, 0.25) is 0 Å². The zero-order chi connectivity index (χ0) is 22.2. The SMILES string of the molecule is COc1cc(OCc2ccccc2)cc(-c2ccc(OC)c(OCc3ccccc3)c2)c1. The fraction of sp³-hybridized carbons (Fsp3) is 0.143. The van der Waals surface area contributed by atoms with Crippen molar-refractivity contribution in [2.45, 2.75) is 13.2 Å². The second-order valence-corrected chi connectivity index (χ2v) is 7.31. The predicted molar refractivity (Wildman–Crippen MR) is 127 cm³/mol. The lowest BCUT2D eigenvalue weighted by atomic mass is 10.0. The molecule has 4 aromatic carbocycles. The summed E-state index contributed by atoms with van der Waals surface area (Å²) >= 11 is 0. The molecule has 0 saturated carbocycles. The maximum Gasteiger partial charge on any atom is 0.162 e. The summed E-state index contributed by atoms with van der Waals surface area (Å²) < 4.78 is 23.1. The highest BCUT2D eigenvalue weighted by Crippen LogP contribution is 2.36. The summed E-state index contributed by atoms with van der Waals surface area (Å²) in [6.45, 7) is 0.950. The molecule has 162 valence electrons. The lowest BCUT2D eigenvalue weighted by Crippen LogP contribution is -1.98. The van der Waals surface area contributed by atoms with Gasteiger partial charge in [0.1, 0.15) is 24.7 Å². The molecule has 4 rings (SSSR count). The molecule has 0 saturated heterocycles. The molecule has 0 aliphatic rings. The van der Waals surface area contributed by atoms with Gasteiger partial charge in [0, 0.05) is 6.07 Å². The van der Waals surface area contributed by atoms with Gasteiger partial charge in [-0.3, -0.25) is 0 Å². The molecule has 0 fully saturated rings. The van der Waals surface area contributed by atoms with E-state index in [9.17, 15) is 0 Å². The minimum Gasteiger partial charge on any atom is -0.497 e. The van der Waals surface area contributed by atoms with Gasteiger partial charge >= 0.3 is 0 Å². The fourth-order valence-corrected chi connectivity index (χ4v) is 3.38. The second-order valence-electron chi connectivity index (χ2n) is 7.31. The Kier molecular flexibility index (Phi) is 6.93. The third-order valence-corrected chi connectivity index (χ3v) is 5.10. The maximum atomic E-state index is 6.08. The molecule has 0 amide bonds. The van der Waals surface area contributed by atoms with Crippen molar-refractivity contribution < 1.29 is 18.9 Å². The van der Waals surface area contributed by atoms with Crippen LogP contribution in [0.2, 0.25) is 0 Å². The van der Waals surface area contributed by atoms with Crippen molar-refractivity contribution in [3.05, 3.63) is 108 Å². The third-order valence-electron chi connectivity index (χ3n) is 5.10. The number of methoxy groups -OCH3 is 2. The first kappa shape index (κ1) is 21.3. The van der Waals surface area contributed by atoms with Crippen LogP contribution in [0.1, 0.15) is 11.1 Å². The van der Waals surface area contributed by atoms with Gasteiger partial charge in [-0.05, 0) is 46.5 Å². The minimum atomic E-state index is 0.463. The summed E-state index contributed by atoms with van der Waals surface area (Å²) in [5.74, 6) is 2.84. The molecule has 4 nitrogen and oxygen atoms in total. The van der Waals surface area contributed by atoms with Gasteiger partial charge < -0.3 is 18.9 Å². The van der Waals surface area contributed by atoms with E-state index in [1.165, 1.54) is 0 Å². The molecule has 0 heterocycles. The van der Waals surface area contributed by atoms with Crippen LogP contribution in [0.25, 0.3) is 11.1 Å². The van der Waals surface area contributed by atoms with Crippen molar-refractivity contribution in [2.75, 3.05) is 14.2 Å². The zero-order valence-corrected chi connectivity index (χ0v) is 18.3. The average molecular weight is 427 g/mol. The van der Waals surface area contributed by atoms with Crippen molar-refractivity contribution in [1.29, 1.82) is 0 Å². The first-order chi connectivity index (χ1) is 15.7. The van der Waals surface area contributed by atoms with E-state index in [0.717, 1.165) is 33.8 Å². The second kappa shape index (κ2) is 10.4. The Labute approximate surface area is 189 Å². The normalized spacial score (nSPS) is 10.4. The zero-order valence-electron chi connectivity index (χ0n) is 18.3. The van der Waals surface area contributed by atoms with Gasteiger partial charge in [0.25, 0.3) is 0 Å². The van der Waals surface area contributed by atoms with E-state index >= 15 is 0 Å². The van der Waals surface area contributed by atoms with Crippen LogP contribution in [-0.2, 0) is 13.2 Å². The van der Waals surface area contributed by atoms with Crippen LogP contribution in [0, 0.1) is 0 Å². The molecule has 0 bridgehead atoms. The number of benzene rings is 4. The lowest BCUT2D eigenvalue weighted by Gasteiger charge is -2.14. The molecule has 0 atom stereocenters. The first-order valence-electron chi connectivity index (χ1n) is 10.5. The molecule has 4 aromatic rings. The molecule has 0 aliphatic carbocycles. The maximum absolute atomic E-state index is 6.08. The van der Waals surface area contributed by atoms with Crippen LogP contribution < -0.4 is 18.9 Å². The van der Waals surface area contributed by atoms with E-state index in [1.807, 2.05) is 97.1 Å². The summed E-state index contributed by atoms with van der Waals surface area (Å²) in [4.78, 5) is 0. The van der Waals surface area contributed by atoms with Crippen LogP contribution in [-0.4, -0.2) is 14.2 Å². The summed E-state index contributed by atoms with van der Waals surface area (Å²) in [6, 6.07) is 31.9.